The van der Waals surface area contributed by atoms with Crippen molar-refractivity contribution in [2.24, 2.45) is 23.7 Å². The van der Waals surface area contributed by atoms with E-state index in [0.717, 1.165) is 49.5 Å². The standard InChI is InChI=1S/C20H38O2/c1-3-4-5-7-10-16(2)18-13-17-14-19(18)20(15-17)22-12-9-6-8-11-21/h16-21H,3-15H2,1-2H3. The Morgan fingerprint density at radius 3 is 2.55 bits per heavy atom. The molecule has 2 nitrogen and oxygen atoms in total. The minimum Gasteiger partial charge on any atom is -0.396 e. The molecule has 0 radical (unpaired) electrons. The van der Waals surface area contributed by atoms with Crippen molar-refractivity contribution in [1.29, 1.82) is 0 Å². The predicted molar refractivity (Wildman–Crippen MR) is 92.9 cm³/mol. The smallest absolute Gasteiger partial charge is 0.0608 e. The molecule has 0 aromatic heterocycles. The number of fused-ring (bicyclic) bond motifs is 2. The number of aliphatic hydroxyl groups excluding tert-OH is 1. The van der Waals surface area contributed by atoms with Gasteiger partial charge in [-0.15, -0.1) is 0 Å². The summed E-state index contributed by atoms with van der Waals surface area (Å²) in [5.41, 5.74) is 0. The molecule has 0 aromatic rings. The van der Waals surface area contributed by atoms with Crippen molar-refractivity contribution in [1.82, 2.24) is 0 Å². The van der Waals surface area contributed by atoms with E-state index in [1.165, 1.54) is 51.4 Å². The second-order valence-electron chi connectivity index (χ2n) is 7.92. The third-order valence-electron chi connectivity index (χ3n) is 6.18. The molecular weight excluding hydrogens is 272 g/mol. The molecule has 2 rings (SSSR count). The maximum atomic E-state index is 8.82. The number of rotatable bonds is 12. The third kappa shape index (κ3) is 5.23. The Balaban J connectivity index is 1.66. The van der Waals surface area contributed by atoms with Gasteiger partial charge in [0.15, 0.2) is 0 Å². The molecule has 2 aliphatic carbocycles. The van der Waals surface area contributed by atoms with Gasteiger partial charge < -0.3 is 9.84 Å². The second-order valence-corrected chi connectivity index (χ2v) is 7.92. The lowest BCUT2D eigenvalue weighted by Gasteiger charge is -2.33. The summed E-state index contributed by atoms with van der Waals surface area (Å²) in [5, 5.41) is 8.82. The minimum absolute atomic E-state index is 0.325. The minimum atomic E-state index is 0.325. The zero-order chi connectivity index (χ0) is 15.8. The summed E-state index contributed by atoms with van der Waals surface area (Å²) in [6, 6.07) is 0. The van der Waals surface area contributed by atoms with E-state index in [4.69, 9.17) is 9.84 Å². The fourth-order valence-electron chi connectivity index (χ4n) is 4.92. The maximum Gasteiger partial charge on any atom is 0.0608 e. The van der Waals surface area contributed by atoms with Crippen LogP contribution in [0.3, 0.4) is 0 Å². The van der Waals surface area contributed by atoms with Gasteiger partial charge in [-0.05, 0) is 62.2 Å². The first-order valence-corrected chi connectivity index (χ1v) is 9.98. The van der Waals surface area contributed by atoms with E-state index in [1.807, 2.05) is 0 Å². The Morgan fingerprint density at radius 1 is 1.00 bits per heavy atom. The number of unbranched alkanes of at least 4 members (excludes halogenated alkanes) is 5. The molecule has 1 N–H and O–H groups in total. The average Bonchev–Trinajstić information content (AvgIpc) is 3.11. The molecule has 0 amide bonds. The Morgan fingerprint density at radius 2 is 1.82 bits per heavy atom. The lowest BCUT2D eigenvalue weighted by atomic mass is 9.77. The molecule has 0 spiro atoms. The molecule has 2 bridgehead atoms. The molecular formula is C20H38O2. The van der Waals surface area contributed by atoms with E-state index in [9.17, 15) is 0 Å². The molecule has 2 heteroatoms. The quantitative estimate of drug-likeness (QED) is 0.503. The van der Waals surface area contributed by atoms with E-state index in [0.29, 0.717) is 12.7 Å². The van der Waals surface area contributed by atoms with Crippen LogP contribution in [0.1, 0.15) is 84.5 Å². The van der Waals surface area contributed by atoms with E-state index >= 15 is 0 Å². The summed E-state index contributed by atoms with van der Waals surface area (Å²) in [7, 11) is 0. The topological polar surface area (TPSA) is 29.5 Å². The highest BCUT2D eigenvalue weighted by Crippen LogP contribution is 2.53. The monoisotopic (exact) mass is 310 g/mol. The summed E-state index contributed by atoms with van der Waals surface area (Å²) in [4.78, 5) is 0. The Labute approximate surface area is 138 Å². The zero-order valence-corrected chi connectivity index (χ0v) is 14.9. The summed E-state index contributed by atoms with van der Waals surface area (Å²) in [6.07, 6.45) is 15.0. The van der Waals surface area contributed by atoms with Gasteiger partial charge in [-0.3, -0.25) is 0 Å². The van der Waals surface area contributed by atoms with Crippen molar-refractivity contribution in [2.75, 3.05) is 13.2 Å². The molecule has 2 fully saturated rings. The van der Waals surface area contributed by atoms with Gasteiger partial charge in [0, 0.05) is 13.2 Å². The van der Waals surface area contributed by atoms with E-state index in [1.54, 1.807) is 0 Å². The van der Waals surface area contributed by atoms with Crippen LogP contribution in [0.5, 0.6) is 0 Å². The molecule has 5 atom stereocenters. The highest BCUT2D eigenvalue weighted by Gasteiger charge is 2.47. The van der Waals surface area contributed by atoms with Gasteiger partial charge in [0.25, 0.3) is 0 Å². The van der Waals surface area contributed by atoms with E-state index in [2.05, 4.69) is 13.8 Å². The first-order valence-electron chi connectivity index (χ1n) is 9.98. The Bertz CT molecular complexity index is 291. The molecule has 5 unspecified atom stereocenters. The van der Waals surface area contributed by atoms with Crippen LogP contribution >= 0.6 is 0 Å². The summed E-state index contributed by atoms with van der Waals surface area (Å²) >= 11 is 0. The predicted octanol–water partition coefficient (Wildman–Crippen LogP) is 5.19. The summed E-state index contributed by atoms with van der Waals surface area (Å²) in [5.74, 6) is 3.63. The van der Waals surface area contributed by atoms with Crippen molar-refractivity contribution >= 4 is 0 Å². The van der Waals surface area contributed by atoms with Crippen molar-refractivity contribution < 1.29 is 9.84 Å². The average molecular weight is 311 g/mol. The highest BCUT2D eigenvalue weighted by molar-refractivity contribution is 4.97. The summed E-state index contributed by atoms with van der Waals surface area (Å²) < 4.78 is 6.23. The van der Waals surface area contributed by atoms with Crippen molar-refractivity contribution in [3.05, 3.63) is 0 Å². The zero-order valence-electron chi connectivity index (χ0n) is 14.9. The van der Waals surface area contributed by atoms with Gasteiger partial charge >= 0.3 is 0 Å². The van der Waals surface area contributed by atoms with Crippen LogP contribution in [0.25, 0.3) is 0 Å². The molecule has 0 heterocycles. The third-order valence-corrected chi connectivity index (χ3v) is 6.18. The van der Waals surface area contributed by atoms with E-state index in [-0.39, 0.29) is 0 Å². The van der Waals surface area contributed by atoms with Crippen LogP contribution in [-0.2, 0) is 4.74 Å². The SMILES string of the molecule is CCCCCCC(C)C1CC2CC(OCCCCCO)C1C2. The molecule has 0 aromatic carbocycles. The first kappa shape index (κ1) is 18.3. The van der Waals surface area contributed by atoms with Crippen LogP contribution in [0.2, 0.25) is 0 Å². The van der Waals surface area contributed by atoms with Gasteiger partial charge in [-0.1, -0.05) is 46.0 Å². The van der Waals surface area contributed by atoms with Gasteiger partial charge in [-0.25, -0.2) is 0 Å². The van der Waals surface area contributed by atoms with Gasteiger partial charge in [0.05, 0.1) is 6.10 Å². The molecule has 130 valence electrons. The number of hydrogen-bond donors (Lipinski definition) is 1. The lowest BCUT2D eigenvalue weighted by Crippen LogP contribution is -2.31. The van der Waals surface area contributed by atoms with E-state index < -0.39 is 0 Å². The number of ether oxygens (including phenoxy) is 1. The largest absolute Gasteiger partial charge is 0.396 e. The van der Waals surface area contributed by atoms with Crippen LogP contribution in [-0.4, -0.2) is 24.4 Å². The van der Waals surface area contributed by atoms with Crippen LogP contribution in [0.4, 0.5) is 0 Å². The van der Waals surface area contributed by atoms with Crippen molar-refractivity contribution in [3.63, 3.8) is 0 Å². The normalized spacial score (nSPS) is 31.8. The van der Waals surface area contributed by atoms with Gasteiger partial charge in [0.1, 0.15) is 0 Å². The second kappa shape index (κ2) is 9.93. The van der Waals surface area contributed by atoms with Gasteiger partial charge in [-0.2, -0.15) is 0 Å². The lowest BCUT2D eigenvalue weighted by molar-refractivity contribution is -0.0135. The van der Waals surface area contributed by atoms with Crippen molar-refractivity contribution in [2.45, 2.75) is 90.6 Å². The number of aliphatic hydroxyl groups is 1. The first-order chi connectivity index (χ1) is 10.8. The van der Waals surface area contributed by atoms with Crippen LogP contribution in [0.15, 0.2) is 0 Å². The van der Waals surface area contributed by atoms with Crippen molar-refractivity contribution in [3.8, 4) is 0 Å². The fraction of sp³-hybridized carbons (Fsp3) is 1.00. The molecule has 0 saturated heterocycles. The fourth-order valence-corrected chi connectivity index (χ4v) is 4.92. The molecule has 2 saturated carbocycles. The molecule has 2 aliphatic rings. The number of hydrogen-bond acceptors (Lipinski definition) is 2. The Hall–Kier alpha value is -0.0800. The highest BCUT2D eigenvalue weighted by atomic mass is 16.5. The molecule has 22 heavy (non-hydrogen) atoms. The van der Waals surface area contributed by atoms with Crippen LogP contribution < -0.4 is 0 Å². The Kier molecular flexibility index (Phi) is 8.24. The van der Waals surface area contributed by atoms with Crippen LogP contribution in [0, 0.1) is 23.7 Å². The maximum absolute atomic E-state index is 8.82. The summed E-state index contributed by atoms with van der Waals surface area (Å²) in [6.45, 7) is 6.02. The molecule has 0 aliphatic heterocycles. The van der Waals surface area contributed by atoms with Gasteiger partial charge in [0.2, 0.25) is 0 Å².